The van der Waals surface area contributed by atoms with Crippen LogP contribution in [0.1, 0.15) is 11.1 Å². The van der Waals surface area contributed by atoms with E-state index in [0.717, 1.165) is 16.7 Å². The van der Waals surface area contributed by atoms with Gasteiger partial charge in [-0.25, -0.2) is 8.42 Å². The molecule has 0 saturated carbocycles. The molecule has 2 aromatic rings. The highest BCUT2D eigenvalue weighted by Gasteiger charge is 2.30. The fraction of sp³-hybridized carbons (Fsp3) is 0.100. The zero-order chi connectivity index (χ0) is 18.3. The van der Waals surface area contributed by atoms with E-state index in [-0.39, 0.29) is 16.0 Å². The van der Waals surface area contributed by atoms with Crippen LogP contribution >= 0.6 is 0 Å². The summed E-state index contributed by atoms with van der Waals surface area (Å²) < 4.78 is 28.0. The lowest BCUT2D eigenvalue weighted by atomic mass is 9.93. The monoisotopic (exact) mass is 366 g/mol. The van der Waals surface area contributed by atoms with Gasteiger partial charge in [-0.15, -0.1) is 0 Å². The number of sulfonamides is 1. The van der Waals surface area contributed by atoms with Crippen molar-refractivity contribution in [2.24, 2.45) is 0 Å². The van der Waals surface area contributed by atoms with Crippen molar-refractivity contribution in [3.63, 3.8) is 0 Å². The summed E-state index contributed by atoms with van der Waals surface area (Å²) in [4.78, 5) is 0.167. The maximum Gasteiger partial charge on any atom is 0.262 e. The first-order valence-corrected chi connectivity index (χ1v) is 9.77. The molecule has 6 heteroatoms. The van der Waals surface area contributed by atoms with Crippen molar-refractivity contribution < 1.29 is 13.5 Å². The number of rotatable bonds is 3. The Kier molecular flexibility index (Phi) is 4.03. The summed E-state index contributed by atoms with van der Waals surface area (Å²) in [6, 6.07) is 11.4. The lowest BCUT2D eigenvalue weighted by Gasteiger charge is -2.36. The molecule has 0 radical (unpaired) electrons. The minimum atomic E-state index is -3.77. The van der Waals surface area contributed by atoms with Crippen LogP contribution in [-0.2, 0) is 10.0 Å². The number of fused-ring (bicyclic) bond motifs is 2. The Morgan fingerprint density at radius 1 is 1.08 bits per heavy atom. The van der Waals surface area contributed by atoms with Gasteiger partial charge in [-0.2, -0.15) is 0 Å². The number of quaternary nitrogens is 1. The van der Waals surface area contributed by atoms with E-state index in [2.05, 4.69) is 4.72 Å². The average Bonchev–Trinajstić information content (AvgIpc) is 2.62. The summed E-state index contributed by atoms with van der Waals surface area (Å²) in [5.41, 5.74) is 3.35. The average molecular weight is 366 g/mol. The van der Waals surface area contributed by atoms with E-state index in [1.54, 1.807) is 36.4 Å². The minimum absolute atomic E-state index is 0.0969. The van der Waals surface area contributed by atoms with Crippen molar-refractivity contribution in [1.82, 2.24) is 0 Å². The number of benzene rings is 2. The van der Waals surface area contributed by atoms with Crippen molar-refractivity contribution >= 4 is 27.5 Å². The van der Waals surface area contributed by atoms with E-state index in [4.69, 9.17) is 0 Å². The van der Waals surface area contributed by atoms with Crippen molar-refractivity contribution in [1.29, 1.82) is 0 Å². The van der Waals surface area contributed by atoms with Crippen LogP contribution in [0.4, 0.5) is 11.4 Å². The Bertz CT molecular complexity index is 1050. The molecule has 1 aliphatic carbocycles. The standard InChI is InChI=1S/C20H18N2O3S/c1-14-9-11-17(12-10-14)26(24,25)21-18-7-4-6-16-13-15-5-2-3-8-19(15)22(23)20(16)18/h2-13,19,21-22H,1H3. The molecular formula is C20H18N2O3S. The molecule has 2 aliphatic rings. The van der Waals surface area contributed by atoms with Crippen LogP contribution in [-0.4, -0.2) is 14.5 Å². The van der Waals surface area contributed by atoms with Crippen molar-refractivity contribution in [2.75, 3.05) is 4.72 Å². The first-order chi connectivity index (χ1) is 12.5. The topological polar surface area (TPSA) is 73.7 Å². The van der Waals surface area contributed by atoms with Crippen LogP contribution in [0, 0.1) is 12.1 Å². The van der Waals surface area contributed by atoms with Crippen LogP contribution in [0.2, 0.25) is 0 Å². The molecule has 132 valence electrons. The van der Waals surface area contributed by atoms with Crippen molar-refractivity contribution in [3.05, 3.63) is 88.7 Å². The Morgan fingerprint density at radius 3 is 2.62 bits per heavy atom. The number of anilines is 1. The third-order valence-corrected chi connectivity index (χ3v) is 5.97. The molecule has 4 rings (SSSR count). The highest BCUT2D eigenvalue weighted by molar-refractivity contribution is 7.92. The molecular weight excluding hydrogens is 348 g/mol. The minimum Gasteiger partial charge on any atom is -0.628 e. The Hall–Kier alpha value is -2.67. The first-order valence-electron chi connectivity index (χ1n) is 8.29. The molecule has 1 aliphatic heterocycles. The summed E-state index contributed by atoms with van der Waals surface area (Å²) in [6.07, 6.45) is 9.41. The van der Waals surface area contributed by atoms with Gasteiger partial charge in [-0.1, -0.05) is 42.0 Å². The number of hydroxylamine groups is 1. The van der Waals surface area contributed by atoms with Crippen molar-refractivity contribution in [2.45, 2.75) is 17.9 Å². The highest BCUT2D eigenvalue weighted by atomic mass is 32.2. The molecule has 2 unspecified atom stereocenters. The SMILES string of the molecule is Cc1ccc(S(=O)(=O)Nc2cccc3c2[NH+]([O-])C2C=CC=CC2=C3)cc1. The number of hydrogen-bond acceptors (Lipinski definition) is 3. The molecule has 5 nitrogen and oxygen atoms in total. The third-order valence-electron chi connectivity index (χ3n) is 4.59. The molecule has 1 heterocycles. The van der Waals surface area contributed by atoms with Crippen LogP contribution in [0.3, 0.4) is 0 Å². The van der Waals surface area contributed by atoms with Gasteiger partial charge in [0, 0.05) is 11.1 Å². The van der Waals surface area contributed by atoms with E-state index < -0.39 is 10.0 Å². The number of allylic oxidation sites excluding steroid dienone is 2. The smallest absolute Gasteiger partial charge is 0.262 e. The van der Waals surface area contributed by atoms with Gasteiger partial charge in [0.25, 0.3) is 10.0 Å². The van der Waals surface area contributed by atoms with E-state index in [1.165, 1.54) is 0 Å². The van der Waals surface area contributed by atoms with Crippen LogP contribution in [0.15, 0.2) is 77.2 Å². The summed E-state index contributed by atoms with van der Waals surface area (Å²) in [7, 11) is -3.77. The van der Waals surface area contributed by atoms with Crippen LogP contribution < -0.4 is 9.79 Å². The molecule has 0 saturated heterocycles. The Balaban J connectivity index is 1.76. The van der Waals surface area contributed by atoms with Gasteiger partial charge in [0.2, 0.25) is 0 Å². The van der Waals surface area contributed by atoms with Crippen LogP contribution in [0.5, 0.6) is 0 Å². The zero-order valence-corrected chi connectivity index (χ0v) is 15.0. The predicted octanol–water partition coefficient (Wildman–Crippen LogP) is 2.70. The lowest BCUT2D eigenvalue weighted by molar-refractivity contribution is -0.791. The summed E-state index contributed by atoms with van der Waals surface area (Å²) in [5.74, 6) is 0. The molecule has 0 fully saturated rings. The Morgan fingerprint density at radius 2 is 1.85 bits per heavy atom. The van der Waals surface area contributed by atoms with Gasteiger partial charge in [-0.3, -0.25) is 4.72 Å². The second kappa shape index (κ2) is 6.25. The third kappa shape index (κ3) is 2.88. The van der Waals surface area contributed by atoms with Crippen LogP contribution in [0.25, 0.3) is 6.08 Å². The second-order valence-corrected chi connectivity index (χ2v) is 8.10. The summed E-state index contributed by atoms with van der Waals surface area (Å²) in [5, 5.41) is 12.9. The van der Waals surface area contributed by atoms with Gasteiger partial charge >= 0.3 is 0 Å². The number of hydrogen-bond donors (Lipinski definition) is 2. The number of para-hydroxylation sites is 1. The van der Waals surface area contributed by atoms with E-state index in [0.29, 0.717) is 11.4 Å². The molecule has 2 atom stereocenters. The van der Waals surface area contributed by atoms with E-state index in [9.17, 15) is 13.6 Å². The van der Waals surface area contributed by atoms with Gasteiger partial charge in [0.15, 0.2) is 5.69 Å². The van der Waals surface area contributed by atoms with Gasteiger partial charge in [0.05, 0.1) is 4.90 Å². The van der Waals surface area contributed by atoms with E-state index >= 15 is 0 Å². The highest BCUT2D eigenvalue weighted by Crippen LogP contribution is 2.31. The van der Waals surface area contributed by atoms with E-state index in [1.807, 2.05) is 43.4 Å². The summed E-state index contributed by atoms with van der Waals surface area (Å²) >= 11 is 0. The Labute approximate surface area is 152 Å². The second-order valence-electron chi connectivity index (χ2n) is 6.42. The quantitative estimate of drug-likeness (QED) is 0.821. The molecule has 0 aromatic heterocycles. The largest absolute Gasteiger partial charge is 0.628 e. The van der Waals surface area contributed by atoms with Crippen molar-refractivity contribution in [3.8, 4) is 0 Å². The molecule has 2 aromatic carbocycles. The van der Waals surface area contributed by atoms with Gasteiger partial charge in [0.1, 0.15) is 11.7 Å². The maximum absolute atomic E-state index is 13.0. The fourth-order valence-corrected chi connectivity index (χ4v) is 4.31. The fourth-order valence-electron chi connectivity index (χ4n) is 3.24. The van der Waals surface area contributed by atoms with Gasteiger partial charge in [-0.05, 0) is 43.3 Å². The predicted molar refractivity (Wildman–Crippen MR) is 102 cm³/mol. The molecule has 0 spiro atoms. The van der Waals surface area contributed by atoms with Gasteiger partial charge < -0.3 is 10.3 Å². The first kappa shape index (κ1) is 16.8. The number of aryl methyl sites for hydroxylation is 1. The molecule has 26 heavy (non-hydrogen) atoms. The molecule has 0 amide bonds. The number of nitrogens with one attached hydrogen (secondary N) is 2. The lowest BCUT2D eigenvalue weighted by Crippen LogP contribution is -3.07. The zero-order valence-electron chi connectivity index (χ0n) is 14.1. The molecule has 0 bridgehead atoms. The normalized spacial score (nSPS) is 20.9. The maximum atomic E-state index is 13.0. The summed E-state index contributed by atoms with van der Waals surface area (Å²) in [6.45, 7) is 1.89. The molecule has 2 N–H and O–H groups in total.